The van der Waals surface area contributed by atoms with E-state index in [1.54, 1.807) is 12.1 Å². The number of hydrogen-bond acceptors (Lipinski definition) is 3. The SMILES string of the molecule is COC(=O)C(N[C@@H](C)c1ccc(F)cc1)C1CC1. The van der Waals surface area contributed by atoms with Crippen molar-refractivity contribution in [2.24, 2.45) is 5.92 Å². The lowest BCUT2D eigenvalue weighted by atomic mass is 10.1. The number of rotatable bonds is 5. The molecule has 1 fully saturated rings. The molecule has 0 spiro atoms. The van der Waals surface area contributed by atoms with Gasteiger partial charge in [0.05, 0.1) is 7.11 Å². The minimum Gasteiger partial charge on any atom is -0.468 e. The predicted octanol–water partition coefficient (Wildman–Crippen LogP) is 2.43. The van der Waals surface area contributed by atoms with Gasteiger partial charge in [-0.15, -0.1) is 0 Å². The van der Waals surface area contributed by atoms with E-state index in [1.807, 2.05) is 6.92 Å². The highest BCUT2D eigenvalue weighted by Gasteiger charge is 2.37. The molecule has 2 rings (SSSR count). The highest BCUT2D eigenvalue weighted by Crippen LogP contribution is 2.34. The van der Waals surface area contributed by atoms with E-state index in [2.05, 4.69) is 5.32 Å². The van der Waals surface area contributed by atoms with Crippen molar-refractivity contribution >= 4 is 5.97 Å². The molecule has 1 aromatic carbocycles. The van der Waals surface area contributed by atoms with E-state index < -0.39 is 0 Å². The molecule has 1 unspecified atom stereocenters. The number of benzene rings is 1. The monoisotopic (exact) mass is 251 g/mol. The van der Waals surface area contributed by atoms with E-state index in [4.69, 9.17) is 4.74 Å². The molecule has 1 aliphatic rings. The Morgan fingerprint density at radius 3 is 2.50 bits per heavy atom. The fourth-order valence-corrected chi connectivity index (χ4v) is 2.07. The summed E-state index contributed by atoms with van der Waals surface area (Å²) in [6.07, 6.45) is 2.12. The predicted molar refractivity (Wildman–Crippen MR) is 66.5 cm³/mol. The molecule has 0 aromatic heterocycles. The lowest BCUT2D eigenvalue weighted by Crippen LogP contribution is -2.40. The molecular weight excluding hydrogens is 233 g/mol. The van der Waals surface area contributed by atoms with Crippen molar-refractivity contribution in [3.8, 4) is 0 Å². The molecule has 0 amide bonds. The first kappa shape index (κ1) is 13.0. The second-order valence-electron chi connectivity index (χ2n) is 4.78. The van der Waals surface area contributed by atoms with Crippen LogP contribution in [0, 0.1) is 11.7 Å². The van der Waals surface area contributed by atoms with Gasteiger partial charge >= 0.3 is 5.97 Å². The topological polar surface area (TPSA) is 38.3 Å². The molecule has 0 aliphatic heterocycles. The summed E-state index contributed by atoms with van der Waals surface area (Å²) in [5.74, 6) is -0.0931. The number of methoxy groups -OCH3 is 1. The van der Waals surface area contributed by atoms with Crippen LogP contribution in [0.4, 0.5) is 4.39 Å². The molecule has 3 nitrogen and oxygen atoms in total. The minimum absolute atomic E-state index is 0.00435. The highest BCUT2D eigenvalue weighted by atomic mass is 19.1. The fraction of sp³-hybridized carbons (Fsp3) is 0.500. The molecule has 1 saturated carbocycles. The third-order valence-corrected chi connectivity index (χ3v) is 3.35. The van der Waals surface area contributed by atoms with E-state index >= 15 is 0 Å². The highest BCUT2D eigenvalue weighted by molar-refractivity contribution is 5.76. The Morgan fingerprint density at radius 2 is 2.00 bits per heavy atom. The Bertz CT molecular complexity index is 414. The van der Waals surface area contributed by atoms with E-state index in [0.717, 1.165) is 18.4 Å². The van der Waals surface area contributed by atoms with Crippen LogP contribution in [0.1, 0.15) is 31.4 Å². The van der Waals surface area contributed by atoms with E-state index in [-0.39, 0.29) is 23.9 Å². The molecule has 18 heavy (non-hydrogen) atoms. The Labute approximate surface area is 106 Å². The molecule has 98 valence electrons. The second kappa shape index (κ2) is 5.48. The Kier molecular flexibility index (Phi) is 3.97. The summed E-state index contributed by atoms with van der Waals surface area (Å²) in [4.78, 5) is 11.7. The van der Waals surface area contributed by atoms with Crippen molar-refractivity contribution < 1.29 is 13.9 Å². The average Bonchev–Trinajstić information content (AvgIpc) is 3.20. The number of ether oxygens (including phenoxy) is 1. The van der Waals surface area contributed by atoms with Gasteiger partial charge in [0.1, 0.15) is 11.9 Å². The summed E-state index contributed by atoms with van der Waals surface area (Å²) in [7, 11) is 1.40. The summed E-state index contributed by atoms with van der Waals surface area (Å²) < 4.78 is 17.6. The van der Waals surface area contributed by atoms with Crippen LogP contribution in [0.5, 0.6) is 0 Å². The number of carbonyl (C=O) groups is 1. The summed E-state index contributed by atoms with van der Waals surface area (Å²) in [6, 6.07) is 6.06. The van der Waals surface area contributed by atoms with Gasteiger partial charge in [0.25, 0.3) is 0 Å². The maximum absolute atomic E-state index is 12.8. The molecule has 2 atom stereocenters. The summed E-state index contributed by atoms with van der Waals surface area (Å²) in [5, 5.41) is 3.27. The van der Waals surface area contributed by atoms with Gasteiger partial charge in [0.2, 0.25) is 0 Å². The van der Waals surface area contributed by atoms with Gasteiger partial charge in [0, 0.05) is 6.04 Å². The third kappa shape index (κ3) is 3.07. The molecule has 0 saturated heterocycles. The second-order valence-corrected chi connectivity index (χ2v) is 4.78. The first-order chi connectivity index (χ1) is 8.61. The molecule has 1 aromatic rings. The van der Waals surface area contributed by atoms with Crippen molar-refractivity contribution in [2.45, 2.75) is 31.8 Å². The van der Waals surface area contributed by atoms with Crippen LogP contribution >= 0.6 is 0 Å². The van der Waals surface area contributed by atoms with E-state index in [1.165, 1.54) is 19.2 Å². The minimum atomic E-state index is -0.255. The lowest BCUT2D eigenvalue weighted by molar-refractivity contribution is -0.144. The maximum atomic E-state index is 12.8. The van der Waals surface area contributed by atoms with Crippen LogP contribution in [-0.4, -0.2) is 19.1 Å². The zero-order valence-corrected chi connectivity index (χ0v) is 10.7. The Hall–Kier alpha value is -1.42. The Morgan fingerprint density at radius 1 is 1.39 bits per heavy atom. The van der Waals surface area contributed by atoms with Crippen LogP contribution in [0.2, 0.25) is 0 Å². The zero-order chi connectivity index (χ0) is 13.1. The molecule has 1 aliphatic carbocycles. The van der Waals surface area contributed by atoms with Crippen LogP contribution in [0.15, 0.2) is 24.3 Å². The lowest BCUT2D eigenvalue weighted by Gasteiger charge is -2.21. The average molecular weight is 251 g/mol. The zero-order valence-electron chi connectivity index (χ0n) is 10.7. The standard InChI is InChI=1S/C14H18FNO2/c1-9(10-5-7-12(15)8-6-10)16-13(11-3-4-11)14(17)18-2/h5-9,11,13,16H,3-4H2,1-2H3/t9-,13?/m0/s1. The van der Waals surface area contributed by atoms with Gasteiger partial charge in [-0.1, -0.05) is 12.1 Å². The first-order valence-electron chi connectivity index (χ1n) is 6.21. The van der Waals surface area contributed by atoms with Crippen molar-refractivity contribution in [3.63, 3.8) is 0 Å². The molecule has 1 N–H and O–H groups in total. The van der Waals surface area contributed by atoms with Gasteiger partial charge in [-0.25, -0.2) is 4.39 Å². The molecule has 0 heterocycles. The maximum Gasteiger partial charge on any atom is 0.323 e. The van der Waals surface area contributed by atoms with Gasteiger partial charge in [-0.05, 0) is 43.4 Å². The van der Waals surface area contributed by atoms with Crippen molar-refractivity contribution in [2.75, 3.05) is 7.11 Å². The third-order valence-electron chi connectivity index (χ3n) is 3.35. The van der Waals surface area contributed by atoms with Crippen molar-refractivity contribution in [3.05, 3.63) is 35.6 Å². The number of hydrogen-bond donors (Lipinski definition) is 1. The van der Waals surface area contributed by atoms with Crippen LogP contribution < -0.4 is 5.32 Å². The van der Waals surface area contributed by atoms with Gasteiger partial charge in [-0.3, -0.25) is 10.1 Å². The van der Waals surface area contributed by atoms with E-state index in [9.17, 15) is 9.18 Å². The number of carbonyl (C=O) groups excluding carboxylic acids is 1. The van der Waals surface area contributed by atoms with E-state index in [0.29, 0.717) is 5.92 Å². The molecular formula is C14H18FNO2. The van der Waals surface area contributed by atoms with Gasteiger partial charge in [-0.2, -0.15) is 0 Å². The smallest absolute Gasteiger partial charge is 0.323 e. The number of nitrogens with one attached hydrogen (secondary N) is 1. The van der Waals surface area contributed by atoms with Crippen LogP contribution in [-0.2, 0) is 9.53 Å². The van der Waals surface area contributed by atoms with Crippen LogP contribution in [0.3, 0.4) is 0 Å². The normalized spacial score (nSPS) is 18.2. The largest absolute Gasteiger partial charge is 0.468 e. The summed E-state index contributed by atoms with van der Waals surface area (Å²) >= 11 is 0. The quantitative estimate of drug-likeness (QED) is 0.817. The summed E-state index contributed by atoms with van der Waals surface area (Å²) in [5.41, 5.74) is 0.964. The Balaban J connectivity index is 2.02. The molecule has 0 radical (unpaired) electrons. The summed E-state index contributed by atoms with van der Waals surface area (Å²) in [6.45, 7) is 1.96. The molecule has 0 bridgehead atoms. The first-order valence-corrected chi connectivity index (χ1v) is 6.21. The van der Waals surface area contributed by atoms with Crippen molar-refractivity contribution in [1.29, 1.82) is 0 Å². The van der Waals surface area contributed by atoms with Crippen molar-refractivity contribution in [1.82, 2.24) is 5.32 Å². The fourth-order valence-electron chi connectivity index (χ4n) is 2.07. The number of halogens is 1. The van der Waals surface area contributed by atoms with Gasteiger partial charge < -0.3 is 4.74 Å². The molecule has 4 heteroatoms. The van der Waals surface area contributed by atoms with Gasteiger partial charge in [0.15, 0.2) is 0 Å². The van der Waals surface area contributed by atoms with Crippen LogP contribution in [0.25, 0.3) is 0 Å². The number of esters is 1.